The molecule has 1 aromatic carbocycles. The number of hydrogen-bond acceptors (Lipinski definition) is 4. The largest absolute Gasteiger partial charge is 0.489 e. The minimum atomic E-state index is 0.124. The van der Waals surface area contributed by atoms with Gasteiger partial charge in [-0.25, -0.2) is 0 Å². The van der Waals surface area contributed by atoms with Gasteiger partial charge in [0.25, 0.3) is 0 Å². The van der Waals surface area contributed by atoms with Gasteiger partial charge in [-0.05, 0) is 32.0 Å². The molecule has 0 unspecified atom stereocenters. The molecule has 18 heavy (non-hydrogen) atoms. The lowest BCUT2D eigenvalue weighted by Gasteiger charge is -2.12. The van der Waals surface area contributed by atoms with E-state index in [2.05, 4.69) is 10.3 Å². The van der Waals surface area contributed by atoms with E-state index < -0.39 is 0 Å². The first-order valence-corrected chi connectivity index (χ1v) is 6.98. The van der Waals surface area contributed by atoms with Crippen LogP contribution >= 0.6 is 22.9 Å². The van der Waals surface area contributed by atoms with E-state index in [9.17, 15) is 0 Å². The summed E-state index contributed by atoms with van der Waals surface area (Å²) < 4.78 is 5.58. The number of nitrogens with zero attached hydrogens (tertiary/aromatic N) is 1. The minimum absolute atomic E-state index is 0.124. The zero-order valence-electron chi connectivity index (χ0n) is 10.3. The van der Waals surface area contributed by atoms with Crippen molar-refractivity contribution in [2.24, 2.45) is 0 Å². The molecule has 5 heteroatoms. The minimum Gasteiger partial charge on any atom is -0.489 e. The van der Waals surface area contributed by atoms with E-state index in [4.69, 9.17) is 16.3 Å². The van der Waals surface area contributed by atoms with Crippen molar-refractivity contribution in [1.82, 2.24) is 4.98 Å². The second-order valence-electron chi connectivity index (χ2n) is 4.13. The molecule has 0 bridgehead atoms. The molecule has 0 atom stereocenters. The zero-order valence-corrected chi connectivity index (χ0v) is 11.9. The van der Waals surface area contributed by atoms with Crippen LogP contribution in [-0.2, 0) is 6.54 Å². The van der Waals surface area contributed by atoms with E-state index in [-0.39, 0.29) is 6.10 Å². The molecule has 1 heterocycles. The molecule has 0 saturated heterocycles. The highest BCUT2D eigenvalue weighted by Crippen LogP contribution is 2.28. The van der Waals surface area contributed by atoms with Crippen LogP contribution in [0.3, 0.4) is 0 Å². The number of thiazole rings is 1. The summed E-state index contributed by atoms with van der Waals surface area (Å²) in [6.07, 6.45) is 1.98. The highest BCUT2D eigenvalue weighted by Gasteiger charge is 2.05. The van der Waals surface area contributed by atoms with Crippen molar-refractivity contribution < 1.29 is 4.74 Å². The SMILES string of the molecule is CC(C)Oc1ccc(NCc2cncs2)cc1Cl. The quantitative estimate of drug-likeness (QED) is 0.893. The third-order valence-electron chi connectivity index (χ3n) is 2.24. The van der Waals surface area contributed by atoms with Crippen LogP contribution in [0.1, 0.15) is 18.7 Å². The highest BCUT2D eigenvalue weighted by atomic mass is 35.5. The van der Waals surface area contributed by atoms with Crippen LogP contribution in [0.5, 0.6) is 5.75 Å². The summed E-state index contributed by atoms with van der Waals surface area (Å²) in [5, 5.41) is 3.92. The summed E-state index contributed by atoms with van der Waals surface area (Å²) in [5.41, 5.74) is 2.80. The van der Waals surface area contributed by atoms with Gasteiger partial charge in [0.05, 0.1) is 23.2 Å². The van der Waals surface area contributed by atoms with E-state index >= 15 is 0 Å². The molecular formula is C13H15ClN2OS. The molecule has 0 spiro atoms. The standard InChI is InChI=1S/C13H15ClN2OS/c1-9(2)17-13-4-3-10(5-12(13)14)16-7-11-6-15-8-18-11/h3-6,8-9,16H,7H2,1-2H3. The Bertz CT molecular complexity index is 500. The number of benzene rings is 1. The summed E-state index contributed by atoms with van der Waals surface area (Å²) in [6.45, 7) is 4.71. The van der Waals surface area contributed by atoms with Crippen molar-refractivity contribution in [2.45, 2.75) is 26.5 Å². The van der Waals surface area contributed by atoms with E-state index in [0.29, 0.717) is 5.02 Å². The van der Waals surface area contributed by atoms with Crippen LogP contribution in [0, 0.1) is 0 Å². The summed E-state index contributed by atoms with van der Waals surface area (Å²) in [7, 11) is 0. The monoisotopic (exact) mass is 282 g/mol. The van der Waals surface area contributed by atoms with Gasteiger partial charge in [-0.15, -0.1) is 11.3 Å². The molecule has 0 saturated carbocycles. The van der Waals surface area contributed by atoms with Gasteiger partial charge in [0, 0.05) is 16.8 Å². The fourth-order valence-electron chi connectivity index (χ4n) is 1.48. The summed E-state index contributed by atoms with van der Waals surface area (Å²) >= 11 is 7.79. The normalized spacial score (nSPS) is 10.7. The molecule has 1 aromatic heterocycles. The molecule has 0 fully saturated rings. The third kappa shape index (κ3) is 3.62. The second-order valence-corrected chi connectivity index (χ2v) is 5.51. The Balaban J connectivity index is 2.00. The Kier molecular flexibility index (Phi) is 4.44. The van der Waals surface area contributed by atoms with Gasteiger partial charge in [-0.2, -0.15) is 0 Å². The van der Waals surface area contributed by atoms with Crippen LogP contribution in [0.15, 0.2) is 29.9 Å². The Morgan fingerprint density at radius 3 is 2.89 bits per heavy atom. The molecule has 0 aliphatic heterocycles. The number of hydrogen-bond donors (Lipinski definition) is 1. The Morgan fingerprint density at radius 1 is 1.44 bits per heavy atom. The first-order chi connectivity index (χ1) is 8.65. The van der Waals surface area contributed by atoms with Crippen molar-refractivity contribution in [3.05, 3.63) is 39.8 Å². The number of ether oxygens (including phenoxy) is 1. The van der Waals surface area contributed by atoms with Gasteiger partial charge >= 0.3 is 0 Å². The lowest BCUT2D eigenvalue weighted by molar-refractivity contribution is 0.242. The van der Waals surface area contributed by atoms with Gasteiger partial charge in [0.15, 0.2) is 0 Å². The number of halogens is 1. The van der Waals surface area contributed by atoms with Crippen LogP contribution in [0.25, 0.3) is 0 Å². The molecule has 0 aliphatic carbocycles. The first kappa shape index (κ1) is 13.2. The van der Waals surface area contributed by atoms with Gasteiger partial charge in [-0.1, -0.05) is 11.6 Å². The van der Waals surface area contributed by atoms with Crippen molar-refractivity contribution in [1.29, 1.82) is 0 Å². The molecule has 2 rings (SSSR count). The third-order valence-corrected chi connectivity index (χ3v) is 3.32. The lowest BCUT2D eigenvalue weighted by atomic mass is 10.3. The number of nitrogens with one attached hydrogen (secondary N) is 1. The van der Waals surface area contributed by atoms with Crippen molar-refractivity contribution in [2.75, 3.05) is 5.32 Å². The fourth-order valence-corrected chi connectivity index (χ4v) is 2.24. The number of rotatable bonds is 5. The van der Waals surface area contributed by atoms with Gasteiger partial charge in [0.1, 0.15) is 5.75 Å². The maximum absolute atomic E-state index is 6.16. The number of aromatic nitrogens is 1. The van der Waals surface area contributed by atoms with E-state index in [1.165, 1.54) is 4.88 Å². The van der Waals surface area contributed by atoms with Crippen molar-refractivity contribution in [3.63, 3.8) is 0 Å². The van der Waals surface area contributed by atoms with E-state index in [0.717, 1.165) is 18.0 Å². The van der Waals surface area contributed by atoms with Crippen LogP contribution in [-0.4, -0.2) is 11.1 Å². The molecule has 1 N–H and O–H groups in total. The summed E-state index contributed by atoms with van der Waals surface area (Å²) in [5.74, 6) is 0.718. The van der Waals surface area contributed by atoms with Crippen molar-refractivity contribution >= 4 is 28.6 Å². The molecular weight excluding hydrogens is 268 g/mol. The Hall–Kier alpha value is -1.26. The maximum atomic E-state index is 6.16. The smallest absolute Gasteiger partial charge is 0.138 e. The highest BCUT2D eigenvalue weighted by molar-refractivity contribution is 7.09. The Morgan fingerprint density at radius 2 is 2.28 bits per heavy atom. The topological polar surface area (TPSA) is 34.1 Å². The van der Waals surface area contributed by atoms with E-state index in [1.807, 2.05) is 43.8 Å². The molecule has 0 aliphatic rings. The second kappa shape index (κ2) is 6.07. The zero-order chi connectivity index (χ0) is 13.0. The van der Waals surface area contributed by atoms with Gasteiger partial charge < -0.3 is 10.1 Å². The molecule has 2 aromatic rings. The summed E-state index contributed by atoms with van der Waals surface area (Å²) in [4.78, 5) is 5.22. The number of anilines is 1. The van der Waals surface area contributed by atoms with Gasteiger partial charge in [-0.3, -0.25) is 4.98 Å². The van der Waals surface area contributed by atoms with Gasteiger partial charge in [0.2, 0.25) is 0 Å². The van der Waals surface area contributed by atoms with Crippen LogP contribution < -0.4 is 10.1 Å². The first-order valence-electron chi connectivity index (χ1n) is 5.72. The van der Waals surface area contributed by atoms with Crippen LogP contribution in [0.4, 0.5) is 5.69 Å². The predicted molar refractivity (Wildman–Crippen MR) is 76.7 cm³/mol. The Labute approximate surface area is 116 Å². The molecule has 0 amide bonds. The predicted octanol–water partition coefficient (Wildman–Crippen LogP) is 4.20. The maximum Gasteiger partial charge on any atom is 0.138 e. The van der Waals surface area contributed by atoms with Crippen molar-refractivity contribution in [3.8, 4) is 5.75 Å². The molecule has 0 radical (unpaired) electrons. The molecule has 3 nitrogen and oxygen atoms in total. The average Bonchev–Trinajstić information content (AvgIpc) is 2.82. The lowest BCUT2D eigenvalue weighted by Crippen LogP contribution is -2.06. The summed E-state index contributed by atoms with van der Waals surface area (Å²) in [6, 6.07) is 5.72. The van der Waals surface area contributed by atoms with Crippen LogP contribution in [0.2, 0.25) is 5.02 Å². The van der Waals surface area contributed by atoms with E-state index in [1.54, 1.807) is 11.3 Å². The average molecular weight is 283 g/mol. The molecule has 96 valence electrons. The fraction of sp³-hybridized carbons (Fsp3) is 0.308.